The minimum Gasteiger partial charge on any atom is -0.494 e. The van der Waals surface area contributed by atoms with Crippen molar-refractivity contribution in [2.45, 2.75) is 32.9 Å². The number of aromatic nitrogens is 2. The van der Waals surface area contributed by atoms with Gasteiger partial charge in [0.25, 0.3) is 0 Å². The number of nitrogens with one attached hydrogen (secondary N) is 2. The molecule has 0 radical (unpaired) electrons. The van der Waals surface area contributed by atoms with E-state index < -0.39 is 10.0 Å². The summed E-state index contributed by atoms with van der Waals surface area (Å²) < 4.78 is 34.2. The highest BCUT2D eigenvalue weighted by molar-refractivity contribution is 7.92. The van der Waals surface area contributed by atoms with Crippen LogP contribution in [0.25, 0.3) is 5.69 Å². The van der Waals surface area contributed by atoms with E-state index in [2.05, 4.69) is 57.4 Å². The molecule has 1 aliphatic rings. The quantitative estimate of drug-likeness (QED) is 0.294. The van der Waals surface area contributed by atoms with Crippen LogP contribution in [0.2, 0.25) is 0 Å². The third-order valence-corrected chi connectivity index (χ3v) is 8.08. The number of anilines is 2. The van der Waals surface area contributed by atoms with Gasteiger partial charge in [-0.25, -0.2) is 8.42 Å². The van der Waals surface area contributed by atoms with Gasteiger partial charge in [-0.05, 0) is 75.0 Å². The van der Waals surface area contributed by atoms with E-state index in [1.807, 2.05) is 42.5 Å². The minimum atomic E-state index is -3.48. The van der Waals surface area contributed by atoms with Crippen LogP contribution in [0.3, 0.4) is 0 Å². The lowest BCUT2D eigenvalue weighted by molar-refractivity contribution is 0.417. The number of hydrogen-bond acceptors (Lipinski definition) is 5. The maximum atomic E-state index is 11.9. The second-order valence-electron chi connectivity index (χ2n) is 9.64. The molecular weight excluding hydrogens is 530 g/mol. The predicted octanol–water partition coefficient (Wildman–Crippen LogP) is 5.35. The molecule has 2 N–H and O–H groups in total. The lowest BCUT2D eigenvalue weighted by atomic mass is 9.93. The van der Waals surface area contributed by atoms with Gasteiger partial charge in [-0.2, -0.15) is 0 Å². The average Bonchev–Trinajstić information content (AvgIpc) is 3.36. The smallest absolute Gasteiger partial charge is 0.229 e. The molecule has 2 atom stereocenters. The summed E-state index contributed by atoms with van der Waals surface area (Å²) in [6, 6.07) is 21.1. The van der Waals surface area contributed by atoms with Crippen molar-refractivity contribution in [2.24, 2.45) is 0 Å². The molecule has 8 nitrogen and oxygen atoms in total. The number of methoxy groups -OCH3 is 1. The Morgan fingerprint density at radius 3 is 2.33 bits per heavy atom. The number of thiocarbonyl (C=S) groups is 1. The summed E-state index contributed by atoms with van der Waals surface area (Å²) in [5.74, 6) is 0.396. The molecule has 2 aromatic heterocycles. The van der Waals surface area contributed by atoms with Gasteiger partial charge in [0.15, 0.2) is 5.11 Å². The zero-order valence-corrected chi connectivity index (χ0v) is 24.1. The Balaban J connectivity index is 1.70. The van der Waals surface area contributed by atoms with Crippen molar-refractivity contribution < 1.29 is 13.2 Å². The molecule has 1 aliphatic heterocycles. The molecule has 4 aromatic rings. The van der Waals surface area contributed by atoms with Gasteiger partial charge in [-0.1, -0.05) is 24.3 Å². The molecule has 1 saturated heterocycles. The lowest BCUT2D eigenvalue weighted by Crippen LogP contribution is -2.30. The first-order valence-corrected chi connectivity index (χ1v) is 14.8. The Labute approximate surface area is 234 Å². The molecule has 0 amide bonds. The summed E-state index contributed by atoms with van der Waals surface area (Å²) in [6.45, 7) is 6.41. The number of ether oxygens (including phenoxy) is 1. The number of pyridine rings is 1. The van der Waals surface area contributed by atoms with Crippen LogP contribution in [0.1, 0.15) is 40.3 Å². The van der Waals surface area contributed by atoms with Crippen LogP contribution in [0.5, 0.6) is 5.75 Å². The first-order valence-electron chi connectivity index (χ1n) is 12.5. The minimum absolute atomic E-state index is 0.220. The topological polar surface area (TPSA) is 88.5 Å². The monoisotopic (exact) mass is 561 g/mol. The van der Waals surface area contributed by atoms with Crippen LogP contribution in [0.15, 0.2) is 72.9 Å². The Morgan fingerprint density at radius 2 is 1.69 bits per heavy atom. The van der Waals surface area contributed by atoms with Gasteiger partial charge < -0.3 is 19.5 Å². The zero-order valence-electron chi connectivity index (χ0n) is 22.5. The van der Waals surface area contributed by atoms with Crippen molar-refractivity contribution in [2.75, 3.05) is 23.0 Å². The molecule has 39 heavy (non-hydrogen) atoms. The third-order valence-electron chi connectivity index (χ3n) is 7.17. The van der Waals surface area contributed by atoms with E-state index in [1.165, 1.54) is 12.7 Å². The van der Waals surface area contributed by atoms with Crippen molar-refractivity contribution in [1.29, 1.82) is 0 Å². The number of nitrogens with zero attached hydrogens (tertiary/aromatic N) is 3. The van der Waals surface area contributed by atoms with E-state index in [9.17, 15) is 8.42 Å². The van der Waals surface area contributed by atoms with Gasteiger partial charge in [-0.15, -0.1) is 0 Å². The normalized spacial score (nSPS) is 17.3. The molecule has 0 aliphatic carbocycles. The van der Waals surface area contributed by atoms with E-state index in [4.69, 9.17) is 17.0 Å². The summed E-state index contributed by atoms with van der Waals surface area (Å²) in [4.78, 5) is 6.75. The van der Waals surface area contributed by atoms with Crippen LogP contribution >= 0.6 is 12.2 Å². The molecule has 10 heteroatoms. The molecule has 202 valence electrons. The Morgan fingerprint density at radius 1 is 0.974 bits per heavy atom. The Hall–Kier alpha value is -3.89. The molecule has 3 heterocycles. The van der Waals surface area contributed by atoms with E-state index >= 15 is 0 Å². The van der Waals surface area contributed by atoms with E-state index in [1.54, 1.807) is 18.3 Å². The van der Waals surface area contributed by atoms with Crippen LogP contribution in [0.4, 0.5) is 11.4 Å². The van der Waals surface area contributed by atoms with Gasteiger partial charge in [-0.3, -0.25) is 9.71 Å². The highest BCUT2D eigenvalue weighted by Gasteiger charge is 2.43. The number of sulfonamides is 1. The number of benzene rings is 2. The number of hydrogen-bond donors (Lipinski definition) is 2. The highest BCUT2D eigenvalue weighted by Crippen LogP contribution is 2.46. The van der Waals surface area contributed by atoms with Crippen molar-refractivity contribution in [3.63, 3.8) is 0 Å². The Kier molecular flexibility index (Phi) is 7.09. The fourth-order valence-electron chi connectivity index (χ4n) is 5.45. The number of para-hydroxylation sites is 1. The molecule has 0 saturated carbocycles. The van der Waals surface area contributed by atoms with Gasteiger partial charge in [0.1, 0.15) is 5.75 Å². The SMILES string of the molecule is COc1cc(N2C(=S)NC(c3ccccn3)C2c2c(C)c(C)n(-c3ccccc3)c2C)ccc1NS(C)(=O)=O. The molecule has 5 rings (SSSR count). The predicted molar refractivity (Wildman–Crippen MR) is 159 cm³/mol. The maximum Gasteiger partial charge on any atom is 0.229 e. The van der Waals surface area contributed by atoms with Gasteiger partial charge >= 0.3 is 0 Å². The molecule has 0 bridgehead atoms. The zero-order chi connectivity index (χ0) is 27.9. The Bertz CT molecular complexity index is 1640. The summed E-state index contributed by atoms with van der Waals surface area (Å²) in [7, 11) is -1.97. The van der Waals surface area contributed by atoms with Crippen LogP contribution in [-0.4, -0.2) is 36.4 Å². The second-order valence-corrected chi connectivity index (χ2v) is 11.8. The second kappa shape index (κ2) is 10.3. The average molecular weight is 562 g/mol. The van der Waals surface area contributed by atoms with Crippen LogP contribution < -0.4 is 19.7 Å². The summed E-state index contributed by atoms with van der Waals surface area (Å²) in [6.07, 6.45) is 2.90. The van der Waals surface area contributed by atoms with Gasteiger partial charge in [0.05, 0.1) is 36.8 Å². The molecule has 0 spiro atoms. The van der Waals surface area contributed by atoms with Gasteiger partial charge in [0.2, 0.25) is 10.0 Å². The molecular formula is C29H31N5O3S2. The first-order chi connectivity index (χ1) is 18.6. The lowest BCUT2D eigenvalue weighted by Gasteiger charge is -2.29. The maximum absolute atomic E-state index is 11.9. The third kappa shape index (κ3) is 4.97. The fourth-order valence-corrected chi connectivity index (χ4v) is 6.36. The van der Waals surface area contributed by atoms with E-state index in [0.717, 1.165) is 40.3 Å². The van der Waals surface area contributed by atoms with Crippen LogP contribution in [0, 0.1) is 20.8 Å². The first kappa shape index (κ1) is 26.7. The molecule has 1 fully saturated rings. The fraction of sp³-hybridized carbons (Fsp3) is 0.241. The van der Waals surface area contributed by atoms with E-state index in [-0.39, 0.29) is 12.1 Å². The largest absolute Gasteiger partial charge is 0.494 e. The summed E-state index contributed by atoms with van der Waals surface area (Å²) in [5.41, 5.74) is 7.68. The number of rotatable bonds is 7. The van der Waals surface area contributed by atoms with Crippen molar-refractivity contribution in [3.05, 3.63) is 101 Å². The summed E-state index contributed by atoms with van der Waals surface area (Å²) >= 11 is 5.92. The highest BCUT2D eigenvalue weighted by atomic mass is 32.2. The van der Waals surface area contributed by atoms with Crippen molar-refractivity contribution in [1.82, 2.24) is 14.9 Å². The standard InChI is InChI=1S/C29H31N5O3S2/c1-18-19(2)33(21-11-7-6-8-12-21)20(3)26(18)28-27(24-13-9-10-16-30-24)31-29(38)34(28)22-14-15-23(25(17-22)37-4)32-39(5,35)36/h6-17,27-28,32H,1-5H3,(H,31,38). The van der Waals surface area contributed by atoms with Crippen molar-refractivity contribution in [3.8, 4) is 11.4 Å². The van der Waals surface area contributed by atoms with Crippen molar-refractivity contribution >= 4 is 38.7 Å². The van der Waals surface area contributed by atoms with Crippen LogP contribution in [-0.2, 0) is 10.0 Å². The molecule has 2 unspecified atom stereocenters. The summed E-state index contributed by atoms with van der Waals surface area (Å²) in [5, 5.41) is 4.06. The van der Waals surface area contributed by atoms with E-state index in [0.29, 0.717) is 16.5 Å². The van der Waals surface area contributed by atoms with Gasteiger partial charge in [0, 0.05) is 40.6 Å². The molecule has 2 aromatic carbocycles.